The van der Waals surface area contributed by atoms with Crippen LogP contribution in [0.4, 0.5) is 11.6 Å². The molecule has 2 aromatic heterocycles. The average Bonchev–Trinajstić information content (AvgIpc) is 4.06. The van der Waals surface area contributed by atoms with Crippen LogP contribution in [-0.2, 0) is 5.91 Å². The number of fused-ring (bicyclic) bond motifs is 16. The van der Waals surface area contributed by atoms with Crippen LogP contribution in [0.3, 0.4) is 0 Å². The Morgan fingerprint density at radius 3 is 1.47 bits per heavy atom. The number of carbonyl (C=O) groups is 1. The number of aromatic nitrogens is 2. The molecular weight excluding hydrogens is 815 g/mol. The first-order valence-corrected chi connectivity index (χ1v) is 22.2. The number of nitrogens with zero attached hydrogens (tertiary/aromatic N) is 7. The zero-order chi connectivity index (χ0) is 42.9. The Labute approximate surface area is 372 Å². The molecule has 0 saturated carbocycles. The van der Waals surface area contributed by atoms with Crippen LogP contribution in [0, 0.1) is 0 Å². The molecule has 9 heteroatoms. The van der Waals surface area contributed by atoms with Crippen molar-refractivity contribution < 1.29 is 19.1 Å². The molecule has 17 rings (SSSR count). The van der Waals surface area contributed by atoms with Crippen LogP contribution in [0.15, 0.2) is 185 Å². The van der Waals surface area contributed by atoms with Gasteiger partial charge in [0.05, 0.1) is 38.6 Å². The maximum absolute atomic E-state index is 12.4. The van der Waals surface area contributed by atoms with Gasteiger partial charge in [-0.25, -0.2) is 9.36 Å². The molecule has 6 aliphatic rings. The molecule has 0 fully saturated rings. The van der Waals surface area contributed by atoms with Crippen LogP contribution in [0.2, 0.25) is 0 Å². The van der Waals surface area contributed by atoms with E-state index >= 15 is 0 Å². The Morgan fingerprint density at radius 2 is 0.924 bits per heavy atom. The molecule has 11 aromatic rings. The molecule has 302 valence electrons. The second-order valence-corrected chi connectivity index (χ2v) is 18.2. The zero-order valence-corrected chi connectivity index (χ0v) is 34.7. The summed E-state index contributed by atoms with van der Waals surface area (Å²) in [5, 5.41) is 24.3. The van der Waals surface area contributed by atoms with Gasteiger partial charge >= 0.3 is 17.7 Å². The largest absolute Gasteiger partial charge is 0.478 e. The van der Waals surface area contributed by atoms with Crippen molar-refractivity contribution in [3.63, 3.8) is 0 Å². The number of aromatic carboxylic acids is 1. The van der Waals surface area contributed by atoms with Gasteiger partial charge in [-0.15, -0.1) is 9.15 Å². The highest BCUT2D eigenvalue weighted by atomic mass is 16.4. The summed E-state index contributed by atoms with van der Waals surface area (Å²) >= 11 is 0. The minimum absolute atomic E-state index is 0.230. The summed E-state index contributed by atoms with van der Waals surface area (Å²) < 4.78 is 9.73. The summed E-state index contributed by atoms with van der Waals surface area (Å²) in [6, 6.07) is 60.0. The quantitative estimate of drug-likeness (QED) is 0.176. The van der Waals surface area contributed by atoms with Gasteiger partial charge < -0.3 is 5.11 Å². The fourth-order valence-corrected chi connectivity index (χ4v) is 12.2. The van der Waals surface area contributed by atoms with Gasteiger partial charge in [0.15, 0.2) is 5.71 Å². The lowest BCUT2D eigenvalue weighted by Gasteiger charge is -2.41. The molecule has 8 heterocycles. The molecule has 1 unspecified atom stereocenters. The second kappa shape index (κ2) is 11.0. The number of hydrogen-bond donors (Lipinski definition) is 1. The molecule has 0 bridgehead atoms. The molecule has 0 amide bonds. The summed E-state index contributed by atoms with van der Waals surface area (Å²) in [6.07, 6.45) is 0. The van der Waals surface area contributed by atoms with Crippen molar-refractivity contribution in [3.05, 3.63) is 214 Å². The van der Waals surface area contributed by atoms with E-state index < -0.39 is 11.9 Å². The van der Waals surface area contributed by atoms with E-state index in [9.17, 15) is 9.90 Å². The van der Waals surface area contributed by atoms with Gasteiger partial charge in [0.25, 0.3) is 17.5 Å². The maximum Gasteiger partial charge on any atom is 0.423 e. The fourth-order valence-electron chi connectivity index (χ4n) is 12.2. The van der Waals surface area contributed by atoms with E-state index in [2.05, 4.69) is 164 Å². The minimum Gasteiger partial charge on any atom is -0.478 e. The SMILES string of the molecule is O=C(O)c1ccc(C2=c3c4cc5ccccc5cc4c4n3C35n6c(c7cc8ccccc8cc7c6N=C6c7cc8ccccc8cc7C2=[N+]63)N=C2c3cc6ccccc6cc3C(=[N+]25)N=4)cc1. The molecule has 0 aliphatic carbocycles. The summed E-state index contributed by atoms with van der Waals surface area (Å²) in [7, 11) is 0. The Balaban J connectivity index is 1.18. The van der Waals surface area contributed by atoms with Crippen LogP contribution in [-0.4, -0.2) is 52.6 Å². The highest BCUT2D eigenvalue weighted by molar-refractivity contribution is 6.37. The van der Waals surface area contributed by atoms with Gasteiger partial charge in [-0.2, -0.15) is 4.57 Å². The van der Waals surface area contributed by atoms with E-state index in [1.165, 1.54) is 0 Å². The molecular formula is C57H29N7O2+2. The first-order valence-electron chi connectivity index (χ1n) is 22.2. The van der Waals surface area contributed by atoms with Crippen molar-refractivity contribution in [2.75, 3.05) is 0 Å². The van der Waals surface area contributed by atoms with Gasteiger partial charge in [-0.1, -0.05) is 119 Å². The van der Waals surface area contributed by atoms with E-state index in [1.807, 2.05) is 12.1 Å². The van der Waals surface area contributed by atoms with Crippen LogP contribution < -0.4 is 10.8 Å². The summed E-state index contributed by atoms with van der Waals surface area (Å²) in [5.41, 5.74) is 8.06. The average molecular weight is 844 g/mol. The third-order valence-corrected chi connectivity index (χ3v) is 14.9. The molecule has 6 aliphatic heterocycles. The number of carboxylic acids is 1. The summed E-state index contributed by atoms with van der Waals surface area (Å²) in [6.45, 7) is 0. The molecule has 0 saturated heterocycles. The molecule has 1 atom stereocenters. The van der Waals surface area contributed by atoms with E-state index in [-0.39, 0.29) is 5.56 Å². The molecule has 9 nitrogen and oxygen atoms in total. The van der Waals surface area contributed by atoms with Crippen LogP contribution in [0.5, 0.6) is 0 Å². The van der Waals surface area contributed by atoms with E-state index in [4.69, 9.17) is 15.0 Å². The number of rotatable bonds is 2. The van der Waals surface area contributed by atoms with Gasteiger partial charge in [0.1, 0.15) is 0 Å². The number of amidine groups is 3. The number of benzene rings is 9. The van der Waals surface area contributed by atoms with Crippen molar-refractivity contribution >= 4 is 111 Å². The van der Waals surface area contributed by atoms with Crippen LogP contribution in [0.25, 0.3) is 70.2 Å². The Morgan fingerprint density at radius 1 is 0.470 bits per heavy atom. The van der Waals surface area contributed by atoms with E-state index in [0.717, 1.165) is 144 Å². The monoisotopic (exact) mass is 843 g/mol. The van der Waals surface area contributed by atoms with Crippen LogP contribution >= 0.6 is 0 Å². The maximum atomic E-state index is 12.4. The van der Waals surface area contributed by atoms with Crippen molar-refractivity contribution in [2.24, 2.45) is 15.0 Å². The van der Waals surface area contributed by atoms with E-state index in [0.29, 0.717) is 0 Å². The Hall–Kier alpha value is -9.08. The van der Waals surface area contributed by atoms with Gasteiger partial charge in [-0.3, -0.25) is 0 Å². The molecule has 9 aromatic carbocycles. The Bertz CT molecular complexity index is 4550. The lowest BCUT2D eigenvalue weighted by Crippen LogP contribution is -2.72. The molecule has 0 radical (unpaired) electrons. The summed E-state index contributed by atoms with van der Waals surface area (Å²) in [4.78, 5) is 29.9. The van der Waals surface area contributed by atoms with Gasteiger partial charge in [0.2, 0.25) is 11.3 Å². The third-order valence-electron chi connectivity index (χ3n) is 14.9. The van der Waals surface area contributed by atoms with E-state index in [1.54, 1.807) is 12.1 Å². The highest BCUT2D eigenvalue weighted by Gasteiger charge is 2.70. The van der Waals surface area contributed by atoms with Crippen molar-refractivity contribution in [1.29, 1.82) is 0 Å². The Kier molecular flexibility index (Phi) is 5.57. The molecule has 66 heavy (non-hydrogen) atoms. The number of hydrogen-bond acceptors (Lipinski definition) is 4. The predicted molar refractivity (Wildman–Crippen MR) is 258 cm³/mol. The number of aliphatic imine (C=N–C) groups is 2. The standard InChI is InChI=1S/C57H28N7O2/c65-56(66)30-19-17-29(18-20-30)47-48-39-21-31-9-1-3-11-33(31)23-41(39)50-58-52-43-25-35-13-5-7-15-37(35)27-45(43)54-60-55-46-28-38-16-8-6-14-36(38)26-44(46)53-59-51-42-24-34-12-4-2-10-32(34)22-40(42)49(47)62(51)57(61(48)50,63(52)54)64(53)55/h1-28H/q+1/p+1. The highest BCUT2D eigenvalue weighted by Crippen LogP contribution is 2.54. The normalized spacial score (nSPS) is 17.7. The summed E-state index contributed by atoms with van der Waals surface area (Å²) in [5.74, 6) is 2.00. The predicted octanol–water partition coefficient (Wildman–Crippen LogP) is 9.64. The zero-order valence-electron chi connectivity index (χ0n) is 34.7. The van der Waals surface area contributed by atoms with Crippen molar-refractivity contribution in [1.82, 2.24) is 9.13 Å². The molecule has 1 N–H and O–H groups in total. The first kappa shape index (κ1) is 33.5. The molecule has 1 spiro atoms. The smallest absolute Gasteiger partial charge is 0.423 e. The first-order chi connectivity index (χ1) is 32.5. The second-order valence-electron chi connectivity index (χ2n) is 18.2. The van der Waals surface area contributed by atoms with Gasteiger partial charge in [0, 0.05) is 21.7 Å². The van der Waals surface area contributed by atoms with Crippen molar-refractivity contribution in [3.8, 4) is 0 Å². The van der Waals surface area contributed by atoms with Crippen molar-refractivity contribution in [2.45, 2.75) is 5.91 Å². The lowest BCUT2D eigenvalue weighted by molar-refractivity contribution is -0.789. The van der Waals surface area contributed by atoms with Gasteiger partial charge in [-0.05, 0) is 114 Å². The minimum atomic E-state index is -1.19. The lowest BCUT2D eigenvalue weighted by atomic mass is 9.90. The number of carboxylic acid groups (broad SMARTS) is 1. The van der Waals surface area contributed by atoms with Crippen LogP contribution in [0.1, 0.15) is 38.2 Å². The fraction of sp³-hybridized carbons (Fsp3) is 0.0175. The topological polar surface area (TPSA) is 90.3 Å². The third kappa shape index (κ3) is 3.66.